The average molecular weight is 186 g/mol. The molecule has 1 aliphatic carbocycles. The minimum Gasteiger partial charge on any atom is -0.295 e. The molecule has 1 aliphatic rings. The smallest absolute Gasteiger partial charge is 0.156 e. The second-order valence-electron chi connectivity index (χ2n) is 4.18. The van der Waals surface area contributed by atoms with Gasteiger partial charge >= 0.3 is 0 Å². The molecule has 0 fully saturated rings. The van der Waals surface area contributed by atoms with Gasteiger partial charge in [0.05, 0.1) is 0 Å². The van der Waals surface area contributed by atoms with Crippen LogP contribution < -0.4 is 0 Å². The number of benzene rings is 1. The van der Waals surface area contributed by atoms with E-state index < -0.39 is 0 Å². The molecular weight excluding hydrogens is 172 g/mol. The SMILES string of the molecule is C[C@@]1(c2ccccc2)CC=CC(=O)C1. The van der Waals surface area contributed by atoms with E-state index in [9.17, 15) is 4.79 Å². The second-order valence-corrected chi connectivity index (χ2v) is 4.18. The van der Waals surface area contributed by atoms with Gasteiger partial charge < -0.3 is 0 Å². The largest absolute Gasteiger partial charge is 0.295 e. The van der Waals surface area contributed by atoms with Crippen LogP contribution in [0.5, 0.6) is 0 Å². The van der Waals surface area contributed by atoms with Crippen molar-refractivity contribution in [3.8, 4) is 0 Å². The lowest BCUT2D eigenvalue weighted by atomic mass is 9.73. The fraction of sp³-hybridized carbons (Fsp3) is 0.308. The predicted octanol–water partition coefficient (Wildman–Crippen LogP) is 2.86. The lowest BCUT2D eigenvalue weighted by Gasteiger charge is -2.30. The van der Waals surface area contributed by atoms with Gasteiger partial charge in [-0.2, -0.15) is 0 Å². The minimum atomic E-state index is 0.00704. The van der Waals surface area contributed by atoms with Crippen molar-refractivity contribution in [2.75, 3.05) is 0 Å². The van der Waals surface area contributed by atoms with Crippen molar-refractivity contribution < 1.29 is 4.79 Å². The van der Waals surface area contributed by atoms with Crippen molar-refractivity contribution in [3.63, 3.8) is 0 Å². The standard InChI is InChI=1S/C13H14O/c1-13(9-5-8-12(14)10-13)11-6-3-2-4-7-11/h2-8H,9-10H2,1H3/t13-/m1/s1. The number of allylic oxidation sites excluding steroid dienone is 2. The van der Waals surface area contributed by atoms with E-state index in [2.05, 4.69) is 19.1 Å². The lowest BCUT2D eigenvalue weighted by Crippen LogP contribution is -2.27. The summed E-state index contributed by atoms with van der Waals surface area (Å²) in [6.07, 6.45) is 5.28. The Bertz CT molecular complexity index is 364. The molecule has 0 spiro atoms. The maximum absolute atomic E-state index is 11.4. The number of hydrogen-bond acceptors (Lipinski definition) is 1. The van der Waals surface area contributed by atoms with Gasteiger partial charge in [0.1, 0.15) is 0 Å². The van der Waals surface area contributed by atoms with Gasteiger partial charge in [0.25, 0.3) is 0 Å². The third kappa shape index (κ3) is 1.63. The fourth-order valence-corrected chi connectivity index (χ4v) is 2.03. The summed E-state index contributed by atoms with van der Waals surface area (Å²) >= 11 is 0. The molecule has 1 aromatic carbocycles. The predicted molar refractivity (Wildman–Crippen MR) is 57.2 cm³/mol. The van der Waals surface area contributed by atoms with Gasteiger partial charge in [-0.1, -0.05) is 43.3 Å². The van der Waals surface area contributed by atoms with Gasteiger partial charge in [0, 0.05) is 11.8 Å². The van der Waals surface area contributed by atoms with Crippen LogP contribution in [0.4, 0.5) is 0 Å². The summed E-state index contributed by atoms with van der Waals surface area (Å²) in [5, 5.41) is 0. The molecule has 2 rings (SSSR count). The summed E-state index contributed by atoms with van der Waals surface area (Å²) in [4.78, 5) is 11.4. The molecule has 0 N–H and O–H groups in total. The first-order valence-electron chi connectivity index (χ1n) is 4.96. The van der Waals surface area contributed by atoms with Gasteiger partial charge in [-0.05, 0) is 18.1 Å². The van der Waals surface area contributed by atoms with Gasteiger partial charge in [-0.15, -0.1) is 0 Å². The van der Waals surface area contributed by atoms with Crippen LogP contribution in [0.15, 0.2) is 42.5 Å². The maximum atomic E-state index is 11.4. The monoisotopic (exact) mass is 186 g/mol. The molecule has 0 saturated carbocycles. The van der Waals surface area contributed by atoms with E-state index in [4.69, 9.17) is 0 Å². The van der Waals surface area contributed by atoms with Crippen LogP contribution in [0.25, 0.3) is 0 Å². The first-order valence-corrected chi connectivity index (χ1v) is 4.96. The highest BCUT2D eigenvalue weighted by atomic mass is 16.1. The first-order chi connectivity index (χ1) is 6.71. The Morgan fingerprint density at radius 1 is 1.21 bits per heavy atom. The Kier molecular flexibility index (Phi) is 2.24. The van der Waals surface area contributed by atoms with Crippen molar-refractivity contribution in [1.82, 2.24) is 0 Å². The molecule has 1 atom stereocenters. The Morgan fingerprint density at radius 2 is 1.93 bits per heavy atom. The van der Waals surface area contributed by atoms with Crippen LogP contribution in [0.2, 0.25) is 0 Å². The number of carbonyl (C=O) groups excluding carboxylic acids is 1. The summed E-state index contributed by atoms with van der Waals surface area (Å²) in [7, 11) is 0. The normalized spacial score (nSPS) is 26.5. The van der Waals surface area contributed by atoms with Crippen LogP contribution >= 0.6 is 0 Å². The van der Waals surface area contributed by atoms with Crippen LogP contribution in [0.3, 0.4) is 0 Å². The van der Waals surface area contributed by atoms with E-state index in [1.54, 1.807) is 6.08 Å². The molecule has 14 heavy (non-hydrogen) atoms. The van der Waals surface area contributed by atoms with E-state index in [0.717, 1.165) is 6.42 Å². The zero-order valence-corrected chi connectivity index (χ0v) is 8.36. The Labute approximate surface area is 84.5 Å². The Hall–Kier alpha value is -1.37. The van der Waals surface area contributed by atoms with E-state index in [0.29, 0.717) is 6.42 Å². The zero-order chi connectivity index (χ0) is 10.0. The van der Waals surface area contributed by atoms with Crippen LogP contribution in [-0.2, 0) is 10.2 Å². The van der Waals surface area contributed by atoms with Crippen molar-refractivity contribution >= 4 is 5.78 Å². The molecule has 0 bridgehead atoms. The second kappa shape index (κ2) is 3.41. The molecule has 0 unspecified atom stereocenters. The van der Waals surface area contributed by atoms with Crippen molar-refractivity contribution in [3.05, 3.63) is 48.0 Å². The maximum Gasteiger partial charge on any atom is 0.156 e. The Balaban J connectivity index is 2.34. The van der Waals surface area contributed by atoms with E-state index in [-0.39, 0.29) is 11.2 Å². The van der Waals surface area contributed by atoms with E-state index in [1.165, 1.54) is 5.56 Å². The van der Waals surface area contributed by atoms with Gasteiger partial charge in [-0.25, -0.2) is 0 Å². The molecule has 0 radical (unpaired) electrons. The van der Waals surface area contributed by atoms with Crippen LogP contribution in [0.1, 0.15) is 25.3 Å². The molecular formula is C13H14O. The highest BCUT2D eigenvalue weighted by Crippen LogP contribution is 2.34. The van der Waals surface area contributed by atoms with Gasteiger partial charge in [-0.3, -0.25) is 4.79 Å². The number of hydrogen-bond donors (Lipinski definition) is 0. The van der Waals surface area contributed by atoms with E-state index in [1.807, 2.05) is 24.3 Å². The van der Waals surface area contributed by atoms with E-state index >= 15 is 0 Å². The summed E-state index contributed by atoms with van der Waals surface area (Å²) < 4.78 is 0. The molecule has 1 nitrogen and oxygen atoms in total. The summed E-state index contributed by atoms with van der Waals surface area (Å²) in [5.74, 6) is 0.239. The van der Waals surface area contributed by atoms with Crippen LogP contribution in [0, 0.1) is 0 Å². The number of rotatable bonds is 1. The summed E-state index contributed by atoms with van der Waals surface area (Å²) in [5.41, 5.74) is 1.27. The van der Waals surface area contributed by atoms with Crippen molar-refractivity contribution in [2.45, 2.75) is 25.2 Å². The third-order valence-corrected chi connectivity index (χ3v) is 2.91. The van der Waals surface area contributed by atoms with Crippen molar-refractivity contribution in [1.29, 1.82) is 0 Å². The molecule has 0 aromatic heterocycles. The molecule has 1 aromatic rings. The highest BCUT2D eigenvalue weighted by molar-refractivity contribution is 5.91. The zero-order valence-electron chi connectivity index (χ0n) is 8.36. The highest BCUT2D eigenvalue weighted by Gasteiger charge is 2.29. The fourth-order valence-electron chi connectivity index (χ4n) is 2.03. The third-order valence-electron chi connectivity index (χ3n) is 2.91. The van der Waals surface area contributed by atoms with Gasteiger partial charge in [0.15, 0.2) is 5.78 Å². The molecule has 1 heteroatoms. The number of carbonyl (C=O) groups is 1. The molecule has 0 saturated heterocycles. The van der Waals surface area contributed by atoms with Gasteiger partial charge in [0.2, 0.25) is 0 Å². The molecule has 72 valence electrons. The topological polar surface area (TPSA) is 17.1 Å². The Morgan fingerprint density at radius 3 is 2.57 bits per heavy atom. The molecule has 0 amide bonds. The minimum absolute atomic E-state index is 0.00704. The molecule has 0 aliphatic heterocycles. The first kappa shape index (κ1) is 9.20. The average Bonchev–Trinajstić information content (AvgIpc) is 2.19. The van der Waals surface area contributed by atoms with Crippen molar-refractivity contribution in [2.24, 2.45) is 0 Å². The summed E-state index contributed by atoms with van der Waals surface area (Å²) in [6, 6.07) is 10.3. The summed E-state index contributed by atoms with van der Waals surface area (Å²) in [6.45, 7) is 2.16. The quantitative estimate of drug-likeness (QED) is 0.659. The molecule has 0 heterocycles. The van der Waals surface area contributed by atoms with Crippen LogP contribution in [-0.4, -0.2) is 5.78 Å². The number of ketones is 1. The lowest BCUT2D eigenvalue weighted by molar-refractivity contribution is -0.116.